The van der Waals surface area contributed by atoms with Crippen LogP contribution >= 0.6 is 11.6 Å². The van der Waals surface area contributed by atoms with E-state index in [4.69, 9.17) is 11.6 Å². The Morgan fingerprint density at radius 3 is 1.69 bits per heavy atom. The molecule has 0 rings (SSSR count). The number of hydrogen-bond donors (Lipinski definition) is 0. The van der Waals surface area contributed by atoms with Crippen LogP contribution in [0.2, 0.25) is 0 Å². The molecule has 0 aromatic rings. The summed E-state index contributed by atoms with van der Waals surface area (Å²) in [6, 6.07) is 0. The van der Waals surface area contributed by atoms with Gasteiger partial charge in [0.05, 0.1) is 0 Å². The zero-order chi connectivity index (χ0) is 13.2. The Hall–Kier alpha value is -0.0400. The first kappa shape index (κ1) is 16.0. The van der Waals surface area contributed by atoms with Gasteiger partial charge in [-0.15, -0.1) is 0 Å². The van der Waals surface area contributed by atoms with Crippen LogP contribution in [-0.2, 0) is 4.79 Å². The van der Waals surface area contributed by atoms with Gasteiger partial charge in [0.25, 0.3) is 0 Å². The molecule has 0 aliphatic heterocycles. The van der Waals surface area contributed by atoms with E-state index in [9.17, 15) is 4.79 Å². The van der Waals surface area contributed by atoms with Crippen molar-refractivity contribution in [3.05, 3.63) is 0 Å². The van der Waals surface area contributed by atoms with Crippen LogP contribution in [0.15, 0.2) is 0 Å². The van der Waals surface area contributed by atoms with Crippen LogP contribution < -0.4 is 0 Å². The minimum Gasteiger partial charge on any atom is -0.281 e. The van der Waals surface area contributed by atoms with E-state index in [0.717, 1.165) is 19.3 Å². The second kappa shape index (κ2) is 5.08. The molecule has 0 spiro atoms. The van der Waals surface area contributed by atoms with Crippen molar-refractivity contribution in [2.24, 2.45) is 16.2 Å². The molecule has 1 nitrogen and oxygen atoms in total. The van der Waals surface area contributed by atoms with E-state index in [-0.39, 0.29) is 16.1 Å². The van der Waals surface area contributed by atoms with Crippen LogP contribution in [0.3, 0.4) is 0 Å². The van der Waals surface area contributed by atoms with Gasteiger partial charge in [-0.2, -0.15) is 0 Å². The molecular formula is C14H27ClO. The lowest BCUT2D eigenvalue weighted by Crippen LogP contribution is -2.43. The molecule has 0 aromatic heterocycles. The smallest absolute Gasteiger partial charge is 0.228 e. The van der Waals surface area contributed by atoms with Crippen LogP contribution in [0.4, 0.5) is 0 Å². The average Bonchev–Trinajstić information content (AvgIpc) is 2.16. The number of carbonyl (C=O) groups is 1. The maximum Gasteiger partial charge on any atom is 0.228 e. The summed E-state index contributed by atoms with van der Waals surface area (Å²) in [5, 5.41) is -0.194. The third kappa shape index (κ3) is 3.23. The number of halogens is 1. The fraction of sp³-hybridized carbons (Fsp3) is 0.929. The largest absolute Gasteiger partial charge is 0.281 e. The highest BCUT2D eigenvalue weighted by atomic mass is 35.5. The van der Waals surface area contributed by atoms with E-state index >= 15 is 0 Å². The van der Waals surface area contributed by atoms with E-state index in [1.54, 1.807) is 0 Å². The predicted molar refractivity (Wildman–Crippen MR) is 71.7 cm³/mol. The topological polar surface area (TPSA) is 17.1 Å². The first-order chi connectivity index (χ1) is 7.02. The summed E-state index contributed by atoms with van der Waals surface area (Å²) < 4.78 is 0. The summed E-state index contributed by atoms with van der Waals surface area (Å²) in [5.74, 6) is 0. The highest BCUT2D eigenvalue weighted by molar-refractivity contribution is 6.64. The summed E-state index contributed by atoms with van der Waals surface area (Å²) in [5.41, 5.74) is -0.340. The van der Waals surface area contributed by atoms with Gasteiger partial charge in [-0.1, -0.05) is 54.9 Å². The Morgan fingerprint density at radius 1 is 1.00 bits per heavy atom. The molecule has 0 aromatic carbocycles. The minimum atomic E-state index is -0.442. The van der Waals surface area contributed by atoms with Gasteiger partial charge in [0.1, 0.15) is 0 Å². The van der Waals surface area contributed by atoms with E-state index < -0.39 is 5.41 Å². The summed E-state index contributed by atoms with van der Waals surface area (Å²) >= 11 is 5.87. The zero-order valence-corrected chi connectivity index (χ0v) is 12.7. The molecule has 0 aliphatic rings. The first-order valence-corrected chi connectivity index (χ1v) is 6.60. The van der Waals surface area contributed by atoms with Crippen LogP contribution in [0.5, 0.6) is 0 Å². The Morgan fingerprint density at radius 2 is 1.44 bits per heavy atom. The van der Waals surface area contributed by atoms with E-state index in [1.807, 2.05) is 6.92 Å². The third-order valence-corrected chi connectivity index (χ3v) is 5.02. The van der Waals surface area contributed by atoms with Crippen molar-refractivity contribution in [1.82, 2.24) is 0 Å². The van der Waals surface area contributed by atoms with Crippen molar-refractivity contribution in [2.75, 3.05) is 0 Å². The Bertz CT molecular complexity index is 255. The molecule has 2 heteroatoms. The van der Waals surface area contributed by atoms with Gasteiger partial charge in [0, 0.05) is 5.41 Å². The quantitative estimate of drug-likeness (QED) is 0.602. The number of hydrogen-bond acceptors (Lipinski definition) is 1. The van der Waals surface area contributed by atoms with Crippen LogP contribution in [-0.4, -0.2) is 5.24 Å². The fourth-order valence-corrected chi connectivity index (χ4v) is 2.37. The van der Waals surface area contributed by atoms with Gasteiger partial charge in [-0.05, 0) is 35.3 Å². The normalized spacial score (nSPS) is 17.0. The van der Waals surface area contributed by atoms with Crippen molar-refractivity contribution in [2.45, 2.75) is 67.7 Å². The van der Waals surface area contributed by atoms with Crippen molar-refractivity contribution in [1.29, 1.82) is 0 Å². The lowest BCUT2D eigenvalue weighted by Gasteiger charge is -2.45. The lowest BCUT2D eigenvalue weighted by molar-refractivity contribution is -0.129. The SMILES string of the molecule is CCC(C)(C)CC(C)(C(=O)Cl)C(C)(C)CC. The number of carbonyl (C=O) groups excluding carboxylic acids is 1. The molecule has 1 atom stereocenters. The number of rotatable bonds is 6. The van der Waals surface area contributed by atoms with Gasteiger partial charge in [-0.25, -0.2) is 0 Å². The summed E-state index contributed by atoms with van der Waals surface area (Å²) in [7, 11) is 0. The molecule has 0 amide bonds. The van der Waals surface area contributed by atoms with Crippen molar-refractivity contribution < 1.29 is 4.79 Å². The molecule has 0 bridgehead atoms. The Balaban J connectivity index is 5.23. The average molecular weight is 247 g/mol. The highest BCUT2D eigenvalue weighted by Gasteiger charge is 2.47. The molecule has 0 fully saturated rings. The second-order valence-electron chi connectivity index (χ2n) is 6.54. The van der Waals surface area contributed by atoms with Gasteiger partial charge in [0.15, 0.2) is 0 Å². The maximum absolute atomic E-state index is 11.8. The first-order valence-electron chi connectivity index (χ1n) is 6.22. The summed E-state index contributed by atoms with van der Waals surface area (Å²) in [6.07, 6.45) is 2.87. The molecule has 0 saturated heterocycles. The fourth-order valence-electron chi connectivity index (χ4n) is 2.05. The Kier molecular flexibility index (Phi) is 5.07. The lowest BCUT2D eigenvalue weighted by atomic mass is 9.59. The maximum atomic E-state index is 11.8. The van der Waals surface area contributed by atoms with Gasteiger partial charge < -0.3 is 0 Å². The third-order valence-electron chi connectivity index (χ3n) is 4.60. The molecule has 96 valence electrons. The van der Waals surface area contributed by atoms with Gasteiger partial charge in [-0.3, -0.25) is 4.79 Å². The van der Waals surface area contributed by atoms with Gasteiger partial charge >= 0.3 is 0 Å². The molecule has 0 radical (unpaired) electrons. The Labute approximate surface area is 106 Å². The standard InChI is InChI=1S/C14H27ClO/c1-8-12(3,4)10-14(7,11(15)16)13(5,6)9-2/h8-10H2,1-7H3. The van der Waals surface area contributed by atoms with Crippen molar-refractivity contribution >= 4 is 16.8 Å². The van der Waals surface area contributed by atoms with E-state index in [1.165, 1.54) is 0 Å². The van der Waals surface area contributed by atoms with E-state index in [2.05, 4.69) is 41.5 Å². The molecule has 0 N–H and O–H groups in total. The van der Waals surface area contributed by atoms with E-state index in [0.29, 0.717) is 0 Å². The van der Waals surface area contributed by atoms with Crippen LogP contribution in [0.1, 0.15) is 67.7 Å². The van der Waals surface area contributed by atoms with Crippen molar-refractivity contribution in [3.8, 4) is 0 Å². The second-order valence-corrected chi connectivity index (χ2v) is 6.88. The molecular weight excluding hydrogens is 220 g/mol. The van der Waals surface area contributed by atoms with Crippen LogP contribution in [0, 0.1) is 16.2 Å². The van der Waals surface area contributed by atoms with Crippen LogP contribution in [0.25, 0.3) is 0 Å². The van der Waals surface area contributed by atoms with Crippen molar-refractivity contribution in [3.63, 3.8) is 0 Å². The summed E-state index contributed by atoms with van der Waals surface area (Å²) in [6.45, 7) is 15.0. The monoisotopic (exact) mass is 246 g/mol. The summed E-state index contributed by atoms with van der Waals surface area (Å²) in [4.78, 5) is 11.8. The minimum absolute atomic E-state index is 0.0573. The highest BCUT2D eigenvalue weighted by Crippen LogP contribution is 2.50. The zero-order valence-electron chi connectivity index (χ0n) is 11.9. The molecule has 1 unspecified atom stereocenters. The molecule has 16 heavy (non-hydrogen) atoms. The van der Waals surface area contributed by atoms with Gasteiger partial charge in [0.2, 0.25) is 5.24 Å². The predicted octanol–water partition coefficient (Wildman–Crippen LogP) is 5.02. The molecule has 0 aliphatic carbocycles. The molecule has 0 saturated carbocycles. The molecule has 0 heterocycles.